The van der Waals surface area contributed by atoms with E-state index in [-0.39, 0.29) is 30.2 Å². The largest absolute Gasteiger partial charge is 0.493 e. The number of carbonyl (C=O) groups excluding carboxylic acids is 2. The van der Waals surface area contributed by atoms with Crippen molar-refractivity contribution < 1.29 is 23.1 Å². The molecule has 0 unspecified atom stereocenters. The second-order valence-electron chi connectivity index (χ2n) is 6.35. The molecule has 2 rings (SSSR count). The van der Waals surface area contributed by atoms with Gasteiger partial charge in [-0.1, -0.05) is 37.5 Å². The topological polar surface area (TPSA) is 46.6 Å². The fraction of sp³-hybridized carbons (Fsp3) is 0.273. The quantitative estimate of drug-likeness (QED) is 0.506. The van der Waals surface area contributed by atoms with Crippen molar-refractivity contribution in [1.29, 1.82) is 0 Å². The van der Waals surface area contributed by atoms with Crippen LogP contribution >= 0.6 is 0 Å². The molecule has 0 spiro atoms. The van der Waals surface area contributed by atoms with Gasteiger partial charge < -0.3 is 14.4 Å². The molecule has 0 atom stereocenters. The average Bonchev–Trinajstić information content (AvgIpc) is 2.66. The zero-order valence-corrected chi connectivity index (χ0v) is 16.0. The number of nitrogens with zero attached hydrogens (tertiary/aromatic N) is 1. The van der Waals surface area contributed by atoms with Crippen molar-refractivity contribution in [3.05, 3.63) is 72.0 Å². The Morgan fingerprint density at radius 1 is 1.36 bits per heavy atom. The highest BCUT2D eigenvalue weighted by atomic mass is 19.3. The molecule has 0 fully saturated rings. The minimum Gasteiger partial charge on any atom is -0.493 e. The molecule has 1 aliphatic heterocycles. The molecule has 0 saturated carbocycles. The number of halogens is 2. The lowest BCUT2D eigenvalue weighted by atomic mass is 9.90. The molecular weight excluding hydrogens is 364 g/mol. The first kappa shape index (κ1) is 21.3. The van der Waals surface area contributed by atoms with Gasteiger partial charge in [0, 0.05) is 31.7 Å². The molecule has 1 aliphatic rings. The Labute approximate surface area is 163 Å². The van der Waals surface area contributed by atoms with E-state index < -0.39 is 12.3 Å². The molecule has 1 amide bonds. The van der Waals surface area contributed by atoms with Crippen molar-refractivity contribution in [3.63, 3.8) is 0 Å². The molecular formula is C22H23F2NO3. The molecule has 1 aromatic rings. The zero-order valence-electron chi connectivity index (χ0n) is 16.0. The van der Waals surface area contributed by atoms with Crippen LogP contribution in [-0.4, -0.2) is 30.7 Å². The van der Waals surface area contributed by atoms with E-state index in [1.807, 2.05) is 0 Å². The van der Waals surface area contributed by atoms with Crippen LogP contribution in [0.4, 0.5) is 8.78 Å². The number of rotatable bonds is 7. The monoisotopic (exact) mass is 387 g/mol. The van der Waals surface area contributed by atoms with Gasteiger partial charge in [0.25, 0.3) is 5.92 Å². The van der Waals surface area contributed by atoms with E-state index in [1.54, 1.807) is 12.1 Å². The molecule has 0 radical (unpaired) electrons. The van der Waals surface area contributed by atoms with Gasteiger partial charge in [-0.05, 0) is 23.3 Å². The third-order valence-electron chi connectivity index (χ3n) is 4.58. The summed E-state index contributed by atoms with van der Waals surface area (Å²) in [5, 5.41) is 0. The summed E-state index contributed by atoms with van der Waals surface area (Å²) in [6, 6.07) is 4.47. The fourth-order valence-corrected chi connectivity index (χ4v) is 3.08. The van der Waals surface area contributed by atoms with E-state index in [9.17, 15) is 18.4 Å². The summed E-state index contributed by atoms with van der Waals surface area (Å²) in [4.78, 5) is 24.6. The second-order valence-corrected chi connectivity index (χ2v) is 6.35. The lowest BCUT2D eigenvalue weighted by Crippen LogP contribution is -2.26. The number of fused-ring (bicyclic) bond motifs is 1. The number of hydrogen-bond donors (Lipinski definition) is 0. The Kier molecular flexibility index (Phi) is 6.67. The van der Waals surface area contributed by atoms with E-state index in [4.69, 9.17) is 4.74 Å². The van der Waals surface area contributed by atoms with Gasteiger partial charge in [0.15, 0.2) is 0 Å². The zero-order chi connectivity index (χ0) is 20.9. The lowest BCUT2D eigenvalue weighted by Gasteiger charge is -2.28. The summed E-state index contributed by atoms with van der Waals surface area (Å²) in [6.07, 6.45) is 4.89. The molecule has 1 heterocycles. The minimum atomic E-state index is -3.03. The maximum atomic E-state index is 14.4. The summed E-state index contributed by atoms with van der Waals surface area (Å²) in [5.41, 5.74) is 1.62. The van der Waals surface area contributed by atoms with Crippen molar-refractivity contribution in [2.45, 2.75) is 25.7 Å². The highest BCUT2D eigenvalue weighted by Crippen LogP contribution is 2.43. The van der Waals surface area contributed by atoms with Gasteiger partial charge in [0.1, 0.15) is 12.0 Å². The van der Waals surface area contributed by atoms with Crippen molar-refractivity contribution in [1.82, 2.24) is 4.90 Å². The Morgan fingerprint density at radius 3 is 2.64 bits per heavy atom. The molecule has 0 N–H and O–H groups in total. The average molecular weight is 387 g/mol. The van der Waals surface area contributed by atoms with Gasteiger partial charge in [-0.15, -0.1) is 0 Å². The Balaban J connectivity index is 2.83. The van der Waals surface area contributed by atoms with Crippen molar-refractivity contribution in [2.75, 3.05) is 13.7 Å². The van der Waals surface area contributed by atoms with E-state index in [0.717, 1.165) is 0 Å². The smallest absolute Gasteiger partial charge is 0.280 e. The molecule has 28 heavy (non-hydrogen) atoms. The van der Waals surface area contributed by atoms with E-state index in [2.05, 4.69) is 13.2 Å². The number of carbonyl (C=O) groups is 2. The number of allylic oxidation sites excluding steroid dienone is 6. The van der Waals surface area contributed by atoms with Crippen LogP contribution in [0.5, 0.6) is 5.75 Å². The first-order valence-corrected chi connectivity index (χ1v) is 8.79. The number of ether oxygens (including phenoxy) is 1. The first-order valence-electron chi connectivity index (χ1n) is 8.79. The maximum absolute atomic E-state index is 14.4. The highest BCUT2D eigenvalue weighted by molar-refractivity contribution is 5.89. The molecule has 0 bridgehead atoms. The number of alkyl halides is 2. The fourth-order valence-electron chi connectivity index (χ4n) is 3.08. The Bertz CT molecular complexity index is 869. The summed E-state index contributed by atoms with van der Waals surface area (Å²) in [6.45, 7) is 8.75. The maximum Gasteiger partial charge on any atom is 0.280 e. The van der Waals surface area contributed by atoms with Crippen LogP contribution in [0.1, 0.15) is 30.9 Å². The number of aldehydes is 1. The molecule has 0 saturated heterocycles. The minimum absolute atomic E-state index is 0.0558. The van der Waals surface area contributed by atoms with Crippen LogP contribution in [0.2, 0.25) is 0 Å². The predicted molar refractivity (Wildman–Crippen MR) is 105 cm³/mol. The Hall–Kier alpha value is -3.02. The number of amides is 1. The summed E-state index contributed by atoms with van der Waals surface area (Å²) in [7, 11) is 1.53. The van der Waals surface area contributed by atoms with Gasteiger partial charge in [0.05, 0.1) is 18.6 Å². The van der Waals surface area contributed by atoms with E-state index >= 15 is 0 Å². The van der Waals surface area contributed by atoms with Gasteiger partial charge in [-0.25, -0.2) is 8.78 Å². The van der Waals surface area contributed by atoms with Gasteiger partial charge in [-0.2, -0.15) is 0 Å². The molecule has 0 aromatic heterocycles. The highest BCUT2D eigenvalue weighted by Gasteiger charge is 2.38. The summed E-state index contributed by atoms with van der Waals surface area (Å²) >= 11 is 0. The second kappa shape index (κ2) is 8.78. The normalized spacial score (nSPS) is 16.2. The molecule has 4 nitrogen and oxygen atoms in total. The van der Waals surface area contributed by atoms with Gasteiger partial charge in [0.2, 0.25) is 5.91 Å². The SMILES string of the molecule is C=C/C=C(C=C)/C(=C(/CC=O)N(C)C(C)=O)c1ccc2c(c1)C(F)(F)CCO2. The van der Waals surface area contributed by atoms with Crippen LogP contribution in [0, 0.1) is 0 Å². The predicted octanol–water partition coefficient (Wildman–Crippen LogP) is 4.64. The Morgan fingerprint density at radius 2 is 2.07 bits per heavy atom. The van der Waals surface area contributed by atoms with Crippen LogP contribution < -0.4 is 4.74 Å². The van der Waals surface area contributed by atoms with Crippen molar-refractivity contribution in [3.8, 4) is 5.75 Å². The van der Waals surface area contributed by atoms with Crippen LogP contribution in [0.3, 0.4) is 0 Å². The number of benzene rings is 1. The molecule has 1 aromatic carbocycles. The lowest BCUT2D eigenvalue weighted by molar-refractivity contribution is -0.125. The summed E-state index contributed by atoms with van der Waals surface area (Å²) < 4.78 is 34.2. The van der Waals surface area contributed by atoms with Crippen LogP contribution in [0.25, 0.3) is 5.57 Å². The summed E-state index contributed by atoms with van der Waals surface area (Å²) in [5.74, 6) is -3.19. The standard InChI is InChI=1S/C22H23F2NO3/c1-5-7-16(6-2)21(19(10-12-26)25(4)15(3)27)17-8-9-20-18(14-17)22(23,24)11-13-28-20/h5-9,12,14H,1-2,10-11,13H2,3-4H3/b16-7+,21-19+. The van der Waals surface area contributed by atoms with Crippen LogP contribution in [0.15, 0.2) is 60.9 Å². The van der Waals surface area contributed by atoms with Gasteiger partial charge in [-0.3, -0.25) is 4.79 Å². The third kappa shape index (κ3) is 4.27. The first-order chi connectivity index (χ1) is 13.3. The molecule has 6 heteroatoms. The van der Waals surface area contributed by atoms with Crippen molar-refractivity contribution >= 4 is 17.8 Å². The van der Waals surface area contributed by atoms with Gasteiger partial charge >= 0.3 is 0 Å². The van der Waals surface area contributed by atoms with E-state index in [0.29, 0.717) is 28.7 Å². The molecule has 0 aliphatic carbocycles. The molecule has 148 valence electrons. The third-order valence-corrected chi connectivity index (χ3v) is 4.58. The van der Waals surface area contributed by atoms with E-state index in [1.165, 1.54) is 43.2 Å². The van der Waals surface area contributed by atoms with Crippen molar-refractivity contribution in [2.24, 2.45) is 0 Å². The van der Waals surface area contributed by atoms with Crippen LogP contribution in [-0.2, 0) is 15.5 Å². The number of hydrogen-bond acceptors (Lipinski definition) is 3.